The zero-order chi connectivity index (χ0) is 8.53. The van der Waals surface area contributed by atoms with Gasteiger partial charge in [0.15, 0.2) is 0 Å². The van der Waals surface area contributed by atoms with Gasteiger partial charge in [-0.2, -0.15) is 0 Å². The Hall–Kier alpha value is -0.380. The van der Waals surface area contributed by atoms with Crippen LogP contribution in [-0.2, 0) is 9.47 Å². The number of aliphatic hydroxyl groups is 1. The average molecular weight is 160 g/mol. The van der Waals surface area contributed by atoms with Gasteiger partial charge in [-0.15, -0.1) is 6.58 Å². The highest BCUT2D eigenvalue weighted by atomic mass is 16.5. The molecule has 0 aliphatic heterocycles. The van der Waals surface area contributed by atoms with Crippen molar-refractivity contribution < 1.29 is 14.6 Å². The van der Waals surface area contributed by atoms with Crippen molar-refractivity contribution >= 4 is 0 Å². The predicted molar refractivity (Wildman–Crippen MR) is 43.5 cm³/mol. The summed E-state index contributed by atoms with van der Waals surface area (Å²) in [6.07, 6.45) is 1.30. The smallest absolute Gasteiger partial charge is 0.0745 e. The molecule has 0 radical (unpaired) electrons. The van der Waals surface area contributed by atoms with Gasteiger partial charge in [0.05, 0.1) is 32.5 Å². The quantitative estimate of drug-likeness (QED) is 0.437. The molecule has 0 spiro atoms. The Kier molecular flexibility index (Phi) is 7.46. The molecule has 0 rings (SSSR count). The van der Waals surface area contributed by atoms with Gasteiger partial charge in [-0.3, -0.25) is 0 Å². The predicted octanol–water partition coefficient (Wildman–Crippen LogP) is 0.586. The van der Waals surface area contributed by atoms with Crippen LogP contribution >= 0.6 is 0 Å². The van der Waals surface area contributed by atoms with Gasteiger partial charge in [0.2, 0.25) is 0 Å². The Morgan fingerprint density at radius 3 is 2.64 bits per heavy atom. The molecule has 0 saturated heterocycles. The third-order valence-corrected chi connectivity index (χ3v) is 0.967. The molecule has 3 nitrogen and oxygen atoms in total. The van der Waals surface area contributed by atoms with Crippen molar-refractivity contribution in [2.75, 3.05) is 26.4 Å². The van der Waals surface area contributed by atoms with Crippen LogP contribution in [0.2, 0.25) is 0 Å². The Labute approximate surface area is 67.6 Å². The molecule has 0 saturated carbocycles. The van der Waals surface area contributed by atoms with Crippen molar-refractivity contribution in [2.24, 2.45) is 0 Å². The minimum atomic E-state index is -0.394. The minimum absolute atomic E-state index is 0.372. The number of ether oxygens (including phenoxy) is 2. The highest BCUT2D eigenvalue weighted by Crippen LogP contribution is 1.83. The van der Waals surface area contributed by atoms with Crippen LogP contribution in [0.25, 0.3) is 0 Å². The molecule has 1 N–H and O–H groups in total. The van der Waals surface area contributed by atoms with Crippen molar-refractivity contribution in [3.63, 3.8) is 0 Å². The highest BCUT2D eigenvalue weighted by molar-refractivity contribution is 4.63. The van der Waals surface area contributed by atoms with Crippen LogP contribution in [0.5, 0.6) is 0 Å². The van der Waals surface area contributed by atoms with Crippen LogP contribution in [0.15, 0.2) is 12.7 Å². The van der Waals surface area contributed by atoms with E-state index in [9.17, 15) is 0 Å². The first kappa shape index (κ1) is 10.6. The number of hydrogen-bond acceptors (Lipinski definition) is 3. The second-order valence-corrected chi connectivity index (χ2v) is 2.29. The number of hydrogen-bond donors (Lipinski definition) is 1. The molecule has 11 heavy (non-hydrogen) atoms. The summed E-state index contributed by atoms with van der Waals surface area (Å²) in [6.45, 7) is 7.19. The summed E-state index contributed by atoms with van der Waals surface area (Å²) >= 11 is 0. The molecule has 0 aromatic carbocycles. The van der Waals surface area contributed by atoms with Crippen LogP contribution in [0, 0.1) is 0 Å². The fourth-order valence-electron chi connectivity index (χ4n) is 0.538. The van der Waals surface area contributed by atoms with Crippen molar-refractivity contribution in [1.29, 1.82) is 0 Å². The topological polar surface area (TPSA) is 38.7 Å². The maximum absolute atomic E-state index is 8.77. The molecule has 0 aromatic rings. The molecule has 3 heteroatoms. The molecule has 0 aliphatic carbocycles. The van der Waals surface area contributed by atoms with Gasteiger partial charge < -0.3 is 14.6 Å². The zero-order valence-electron chi connectivity index (χ0n) is 6.95. The summed E-state index contributed by atoms with van der Waals surface area (Å²) in [5.41, 5.74) is 0. The van der Waals surface area contributed by atoms with E-state index >= 15 is 0 Å². The lowest BCUT2D eigenvalue weighted by Crippen LogP contribution is -2.13. The van der Waals surface area contributed by atoms with Gasteiger partial charge in [0, 0.05) is 0 Å². The van der Waals surface area contributed by atoms with Crippen molar-refractivity contribution in [3.05, 3.63) is 12.7 Å². The van der Waals surface area contributed by atoms with Gasteiger partial charge in [0.25, 0.3) is 0 Å². The number of aliphatic hydroxyl groups excluding tert-OH is 1. The summed E-state index contributed by atoms with van der Waals surface area (Å²) in [4.78, 5) is 0. The maximum atomic E-state index is 8.77. The zero-order valence-corrected chi connectivity index (χ0v) is 6.95. The molecular weight excluding hydrogens is 144 g/mol. The lowest BCUT2D eigenvalue weighted by Gasteiger charge is -2.05. The van der Waals surface area contributed by atoms with Crippen molar-refractivity contribution in [2.45, 2.75) is 13.0 Å². The fraction of sp³-hybridized carbons (Fsp3) is 0.750. The average Bonchev–Trinajstić information content (AvgIpc) is 1.96. The second kappa shape index (κ2) is 7.72. The minimum Gasteiger partial charge on any atom is -0.391 e. The standard InChI is InChI=1S/C8H16O3/c1-3-4-10-5-6-11-7-8(2)9/h3,8-9H,1,4-7H2,2H3. The van der Waals surface area contributed by atoms with Crippen LogP contribution in [0.4, 0.5) is 0 Å². The first-order valence-electron chi connectivity index (χ1n) is 3.71. The van der Waals surface area contributed by atoms with Crippen molar-refractivity contribution in [3.8, 4) is 0 Å². The number of rotatable bonds is 7. The van der Waals surface area contributed by atoms with Gasteiger partial charge >= 0.3 is 0 Å². The van der Waals surface area contributed by atoms with Crippen LogP contribution < -0.4 is 0 Å². The summed E-state index contributed by atoms with van der Waals surface area (Å²) in [7, 11) is 0. The maximum Gasteiger partial charge on any atom is 0.0745 e. The largest absolute Gasteiger partial charge is 0.391 e. The summed E-state index contributed by atoms with van der Waals surface area (Å²) in [5.74, 6) is 0. The lowest BCUT2D eigenvalue weighted by molar-refractivity contribution is 0.0147. The van der Waals surface area contributed by atoms with Gasteiger partial charge in [-0.05, 0) is 6.92 Å². The molecule has 1 atom stereocenters. The van der Waals surface area contributed by atoms with E-state index in [0.717, 1.165) is 0 Å². The van der Waals surface area contributed by atoms with Gasteiger partial charge in [-0.25, -0.2) is 0 Å². The van der Waals surface area contributed by atoms with E-state index in [-0.39, 0.29) is 0 Å². The summed E-state index contributed by atoms with van der Waals surface area (Å²) in [6, 6.07) is 0. The molecule has 0 heterocycles. The second-order valence-electron chi connectivity index (χ2n) is 2.29. The van der Waals surface area contributed by atoms with E-state index in [1.165, 1.54) is 0 Å². The van der Waals surface area contributed by atoms with Gasteiger partial charge in [-0.1, -0.05) is 6.08 Å². The van der Waals surface area contributed by atoms with Crippen LogP contribution in [0.3, 0.4) is 0 Å². The first-order chi connectivity index (χ1) is 5.27. The Morgan fingerprint density at radius 2 is 2.09 bits per heavy atom. The summed E-state index contributed by atoms with van der Waals surface area (Å²) in [5, 5.41) is 8.77. The van der Waals surface area contributed by atoms with Crippen molar-refractivity contribution in [1.82, 2.24) is 0 Å². The van der Waals surface area contributed by atoms with Crippen LogP contribution in [0.1, 0.15) is 6.92 Å². The van der Waals surface area contributed by atoms with E-state index in [1.807, 2.05) is 0 Å². The molecule has 0 aromatic heterocycles. The van der Waals surface area contributed by atoms with E-state index in [1.54, 1.807) is 13.0 Å². The third-order valence-electron chi connectivity index (χ3n) is 0.967. The molecular formula is C8H16O3. The Morgan fingerprint density at radius 1 is 1.45 bits per heavy atom. The highest BCUT2D eigenvalue weighted by Gasteiger charge is 1.93. The SMILES string of the molecule is C=CCOCCOCC(C)O. The molecule has 66 valence electrons. The van der Waals surface area contributed by atoms with Gasteiger partial charge in [0.1, 0.15) is 0 Å². The Balaban J connectivity index is 2.85. The fourth-order valence-corrected chi connectivity index (χ4v) is 0.538. The molecule has 0 aliphatic rings. The van der Waals surface area contributed by atoms with E-state index in [0.29, 0.717) is 26.4 Å². The van der Waals surface area contributed by atoms with Crippen LogP contribution in [-0.4, -0.2) is 37.6 Å². The molecule has 0 bridgehead atoms. The third kappa shape index (κ3) is 9.62. The summed E-state index contributed by atoms with van der Waals surface area (Å²) < 4.78 is 10.1. The van der Waals surface area contributed by atoms with E-state index in [4.69, 9.17) is 14.6 Å². The Bertz CT molecular complexity index is 91.3. The molecule has 0 amide bonds. The first-order valence-corrected chi connectivity index (χ1v) is 3.71. The van der Waals surface area contributed by atoms with E-state index < -0.39 is 6.10 Å². The molecule has 1 unspecified atom stereocenters. The van der Waals surface area contributed by atoms with E-state index in [2.05, 4.69) is 6.58 Å². The normalized spacial score (nSPS) is 12.9. The lowest BCUT2D eigenvalue weighted by atomic mass is 10.4. The monoisotopic (exact) mass is 160 g/mol. The molecule has 0 fully saturated rings.